The molecule has 0 atom stereocenters. The SMILES string of the molecule is Clc1cccc(-n2c(-c3cccs3)nc3cccnc32)c1. The summed E-state index contributed by atoms with van der Waals surface area (Å²) in [6.45, 7) is 0. The molecule has 0 bridgehead atoms. The van der Waals surface area contributed by atoms with Gasteiger partial charge in [-0.1, -0.05) is 23.7 Å². The van der Waals surface area contributed by atoms with Crippen molar-refractivity contribution in [2.75, 3.05) is 0 Å². The number of imidazole rings is 1. The maximum Gasteiger partial charge on any atom is 0.164 e. The van der Waals surface area contributed by atoms with Gasteiger partial charge in [0.05, 0.1) is 10.6 Å². The monoisotopic (exact) mass is 311 g/mol. The highest BCUT2D eigenvalue weighted by atomic mass is 35.5. The zero-order valence-corrected chi connectivity index (χ0v) is 12.5. The van der Waals surface area contributed by atoms with Crippen LogP contribution in [-0.2, 0) is 0 Å². The topological polar surface area (TPSA) is 30.7 Å². The molecule has 4 aromatic rings. The van der Waals surface area contributed by atoms with Crippen LogP contribution in [0, 0.1) is 0 Å². The number of benzene rings is 1. The standard InChI is InChI=1S/C16H10ClN3S/c17-11-4-1-5-12(10-11)20-15-13(6-2-8-18-15)19-16(20)14-7-3-9-21-14/h1-10H. The number of hydrogen-bond acceptors (Lipinski definition) is 3. The van der Waals surface area contributed by atoms with E-state index in [4.69, 9.17) is 16.6 Å². The first kappa shape index (κ1) is 12.6. The van der Waals surface area contributed by atoms with Crippen molar-refractivity contribution in [1.82, 2.24) is 14.5 Å². The van der Waals surface area contributed by atoms with Gasteiger partial charge in [-0.05, 0) is 41.8 Å². The summed E-state index contributed by atoms with van der Waals surface area (Å²) in [6, 6.07) is 15.7. The van der Waals surface area contributed by atoms with Gasteiger partial charge in [-0.25, -0.2) is 9.97 Å². The number of rotatable bonds is 2. The molecular formula is C16H10ClN3S. The molecule has 0 N–H and O–H groups in total. The van der Waals surface area contributed by atoms with Crippen LogP contribution in [0.4, 0.5) is 0 Å². The second kappa shape index (κ2) is 4.98. The number of halogens is 1. The second-order valence-electron chi connectivity index (χ2n) is 4.57. The minimum atomic E-state index is 0.697. The first-order valence-corrected chi connectivity index (χ1v) is 7.72. The lowest BCUT2D eigenvalue weighted by atomic mass is 10.3. The molecule has 0 spiro atoms. The van der Waals surface area contributed by atoms with Crippen molar-refractivity contribution in [3.63, 3.8) is 0 Å². The number of fused-ring (bicyclic) bond motifs is 1. The number of aromatic nitrogens is 3. The highest BCUT2D eigenvalue weighted by molar-refractivity contribution is 7.13. The summed E-state index contributed by atoms with van der Waals surface area (Å²) in [4.78, 5) is 10.3. The maximum atomic E-state index is 6.14. The van der Waals surface area contributed by atoms with Gasteiger partial charge in [0, 0.05) is 11.2 Å². The summed E-state index contributed by atoms with van der Waals surface area (Å²) in [5.74, 6) is 0.890. The number of thiophene rings is 1. The van der Waals surface area contributed by atoms with E-state index < -0.39 is 0 Å². The fourth-order valence-electron chi connectivity index (χ4n) is 2.34. The van der Waals surface area contributed by atoms with Crippen molar-refractivity contribution < 1.29 is 0 Å². The number of hydrogen-bond donors (Lipinski definition) is 0. The Morgan fingerprint density at radius 1 is 1.05 bits per heavy atom. The Morgan fingerprint density at radius 3 is 2.81 bits per heavy atom. The molecule has 0 aliphatic heterocycles. The first-order chi connectivity index (χ1) is 10.3. The Hall–Kier alpha value is -2.17. The Bertz CT molecular complexity index is 912. The summed E-state index contributed by atoms with van der Waals surface area (Å²) in [5, 5.41) is 2.74. The highest BCUT2D eigenvalue weighted by Crippen LogP contribution is 2.30. The van der Waals surface area contributed by atoms with Crippen LogP contribution in [0.2, 0.25) is 5.02 Å². The molecule has 21 heavy (non-hydrogen) atoms. The van der Waals surface area contributed by atoms with E-state index in [1.54, 1.807) is 17.5 Å². The molecule has 4 rings (SSSR count). The van der Waals surface area contributed by atoms with Crippen LogP contribution in [0.3, 0.4) is 0 Å². The van der Waals surface area contributed by atoms with Crippen molar-refractivity contribution in [2.24, 2.45) is 0 Å². The molecule has 1 aromatic carbocycles. The molecule has 5 heteroatoms. The molecule has 0 saturated carbocycles. The van der Waals surface area contributed by atoms with Gasteiger partial charge in [0.15, 0.2) is 11.5 Å². The minimum absolute atomic E-state index is 0.697. The lowest BCUT2D eigenvalue weighted by Crippen LogP contribution is -1.97. The van der Waals surface area contributed by atoms with Gasteiger partial charge in [0.1, 0.15) is 5.52 Å². The maximum absolute atomic E-state index is 6.14. The van der Waals surface area contributed by atoms with E-state index in [2.05, 4.69) is 11.1 Å². The molecular weight excluding hydrogens is 302 g/mol. The van der Waals surface area contributed by atoms with Crippen LogP contribution in [-0.4, -0.2) is 14.5 Å². The van der Waals surface area contributed by atoms with Crippen LogP contribution in [0.1, 0.15) is 0 Å². The van der Waals surface area contributed by atoms with E-state index in [1.807, 2.05) is 52.4 Å². The molecule has 0 unspecified atom stereocenters. The van der Waals surface area contributed by atoms with Gasteiger partial charge in [-0.2, -0.15) is 0 Å². The number of nitrogens with zero attached hydrogens (tertiary/aromatic N) is 3. The second-order valence-corrected chi connectivity index (χ2v) is 5.96. The van der Waals surface area contributed by atoms with Gasteiger partial charge in [-0.3, -0.25) is 4.57 Å². The molecule has 0 fully saturated rings. The quantitative estimate of drug-likeness (QED) is 0.532. The van der Waals surface area contributed by atoms with Crippen LogP contribution >= 0.6 is 22.9 Å². The molecule has 0 radical (unpaired) electrons. The van der Waals surface area contributed by atoms with Crippen molar-refractivity contribution >= 4 is 34.1 Å². The van der Waals surface area contributed by atoms with Gasteiger partial charge in [0.2, 0.25) is 0 Å². The van der Waals surface area contributed by atoms with Gasteiger partial charge in [-0.15, -0.1) is 11.3 Å². The van der Waals surface area contributed by atoms with Crippen molar-refractivity contribution in [3.05, 3.63) is 65.1 Å². The third-order valence-corrected chi connectivity index (χ3v) is 4.32. The van der Waals surface area contributed by atoms with E-state index in [9.17, 15) is 0 Å². The predicted octanol–water partition coefficient (Wildman–Crippen LogP) is 4.80. The third-order valence-electron chi connectivity index (χ3n) is 3.22. The Balaban J connectivity index is 2.08. The first-order valence-electron chi connectivity index (χ1n) is 6.46. The average molecular weight is 312 g/mol. The van der Waals surface area contributed by atoms with Gasteiger partial charge >= 0.3 is 0 Å². The van der Waals surface area contributed by atoms with Crippen LogP contribution in [0.15, 0.2) is 60.1 Å². The van der Waals surface area contributed by atoms with E-state index in [-0.39, 0.29) is 0 Å². The third kappa shape index (κ3) is 2.13. The highest BCUT2D eigenvalue weighted by Gasteiger charge is 2.15. The Kier molecular flexibility index (Phi) is 2.98. The van der Waals surface area contributed by atoms with Gasteiger partial charge in [0.25, 0.3) is 0 Å². The van der Waals surface area contributed by atoms with Crippen molar-refractivity contribution in [3.8, 4) is 16.4 Å². The van der Waals surface area contributed by atoms with Crippen LogP contribution in [0.5, 0.6) is 0 Å². The fourth-order valence-corrected chi connectivity index (χ4v) is 3.23. The Labute approximate surface area is 130 Å². The van der Waals surface area contributed by atoms with Crippen molar-refractivity contribution in [1.29, 1.82) is 0 Å². The molecule has 102 valence electrons. The molecule has 0 aliphatic carbocycles. The molecule has 0 aliphatic rings. The van der Waals surface area contributed by atoms with E-state index in [0.717, 1.165) is 27.6 Å². The van der Waals surface area contributed by atoms with Crippen LogP contribution < -0.4 is 0 Å². The van der Waals surface area contributed by atoms with E-state index in [1.165, 1.54) is 0 Å². The lowest BCUT2D eigenvalue weighted by Gasteiger charge is -2.07. The zero-order chi connectivity index (χ0) is 14.2. The summed E-state index contributed by atoms with van der Waals surface area (Å²) in [5.41, 5.74) is 2.68. The predicted molar refractivity (Wildman–Crippen MR) is 87.2 cm³/mol. The summed E-state index contributed by atoms with van der Waals surface area (Å²) in [6.07, 6.45) is 1.78. The molecule has 3 aromatic heterocycles. The number of pyridine rings is 1. The average Bonchev–Trinajstić information content (AvgIpc) is 3.14. The summed E-state index contributed by atoms with van der Waals surface area (Å²) in [7, 11) is 0. The Morgan fingerprint density at radius 2 is 2.00 bits per heavy atom. The molecule has 0 amide bonds. The van der Waals surface area contributed by atoms with E-state index >= 15 is 0 Å². The fraction of sp³-hybridized carbons (Fsp3) is 0. The largest absolute Gasteiger partial charge is 0.276 e. The minimum Gasteiger partial charge on any atom is -0.276 e. The molecule has 0 saturated heterocycles. The molecule has 3 heterocycles. The lowest BCUT2D eigenvalue weighted by molar-refractivity contribution is 1.08. The smallest absolute Gasteiger partial charge is 0.164 e. The van der Waals surface area contributed by atoms with Gasteiger partial charge < -0.3 is 0 Å². The molecule has 3 nitrogen and oxygen atoms in total. The normalized spacial score (nSPS) is 11.1. The zero-order valence-electron chi connectivity index (χ0n) is 10.9. The van der Waals surface area contributed by atoms with E-state index in [0.29, 0.717) is 5.02 Å². The van der Waals surface area contributed by atoms with Crippen molar-refractivity contribution in [2.45, 2.75) is 0 Å². The summed E-state index contributed by atoms with van der Waals surface area (Å²) >= 11 is 7.80. The van der Waals surface area contributed by atoms with Crippen LogP contribution in [0.25, 0.3) is 27.6 Å². The summed E-state index contributed by atoms with van der Waals surface area (Å²) < 4.78 is 2.05.